The number of nitrogens with one attached hydrogen (secondary N) is 1. The Bertz CT molecular complexity index is 827. The Morgan fingerprint density at radius 3 is 2.77 bits per heavy atom. The van der Waals surface area contributed by atoms with Crippen LogP contribution in [-0.2, 0) is 16.4 Å². The molecule has 3 rings (SSSR count). The summed E-state index contributed by atoms with van der Waals surface area (Å²) in [7, 11) is -3.76. The third-order valence-corrected chi connectivity index (χ3v) is 6.29. The number of sulfonamides is 1. The predicted octanol–water partition coefficient (Wildman–Crippen LogP) is 2.06. The first-order valence-corrected chi connectivity index (χ1v) is 9.29. The second kappa shape index (κ2) is 5.49. The lowest BCUT2D eigenvalue weighted by Gasteiger charge is -2.18. The van der Waals surface area contributed by atoms with E-state index in [1.54, 1.807) is 0 Å². The average Bonchev–Trinajstić information content (AvgIpc) is 3.04. The van der Waals surface area contributed by atoms with Gasteiger partial charge < -0.3 is 5.32 Å². The predicted molar refractivity (Wildman–Crippen MR) is 85.2 cm³/mol. The number of hydrogen-bond donors (Lipinski definition) is 2. The molecule has 1 aromatic heterocycles. The van der Waals surface area contributed by atoms with Gasteiger partial charge in [-0.1, -0.05) is 31.2 Å². The van der Waals surface area contributed by atoms with Crippen molar-refractivity contribution in [3.8, 4) is 0 Å². The minimum atomic E-state index is -3.76. The minimum absolute atomic E-state index is 0.00230. The molecule has 0 radical (unpaired) electrons. The van der Waals surface area contributed by atoms with Gasteiger partial charge in [0.15, 0.2) is 0 Å². The number of hydrogen-bond acceptors (Lipinski definition) is 4. The number of thiophene rings is 1. The van der Waals surface area contributed by atoms with Crippen LogP contribution < -0.4 is 10.5 Å². The number of carbonyl (C=O) groups is 1. The van der Waals surface area contributed by atoms with Crippen molar-refractivity contribution >= 4 is 27.3 Å². The molecule has 0 bridgehead atoms. The van der Waals surface area contributed by atoms with Gasteiger partial charge in [0.25, 0.3) is 5.91 Å². The Labute approximate surface area is 133 Å². The molecular formula is C15H16N2O3S2. The lowest BCUT2D eigenvalue weighted by atomic mass is 10.0. The lowest BCUT2D eigenvalue weighted by Crippen LogP contribution is -2.30. The van der Waals surface area contributed by atoms with Crippen molar-refractivity contribution in [1.82, 2.24) is 5.32 Å². The van der Waals surface area contributed by atoms with Gasteiger partial charge in [-0.25, -0.2) is 13.6 Å². The second-order valence-corrected chi connectivity index (χ2v) is 8.23. The van der Waals surface area contributed by atoms with E-state index in [2.05, 4.69) is 18.3 Å². The van der Waals surface area contributed by atoms with E-state index in [9.17, 15) is 13.2 Å². The molecule has 2 atom stereocenters. The maximum Gasteiger partial charge on any atom is 0.252 e. The van der Waals surface area contributed by atoms with Gasteiger partial charge in [-0.05, 0) is 29.5 Å². The average molecular weight is 336 g/mol. The lowest BCUT2D eigenvalue weighted by molar-refractivity contribution is 0.0927. The smallest absolute Gasteiger partial charge is 0.252 e. The maximum atomic E-state index is 12.4. The van der Waals surface area contributed by atoms with E-state index in [1.807, 2.05) is 18.2 Å². The second-order valence-electron chi connectivity index (χ2n) is 5.53. The highest BCUT2D eigenvalue weighted by atomic mass is 32.2. The summed E-state index contributed by atoms with van der Waals surface area (Å²) in [6, 6.07) is 9.31. The Kier molecular flexibility index (Phi) is 3.80. The highest BCUT2D eigenvalue weighted by molar-refractivity contribution is 7.91. The van der Waals surface area contributed by atoms with Crippen molar-refractivity contribution in [1.29, 1.82) is 0 Å². The third-order valence-electron chi connectivity index (χ3n) is 3.91. The summed E-state index contributed by atoms with van der Waals surface area (Å²) in [5.74, 6) is 0.0254. The van der Waals surface area contributed by atoms with Gasteiger partial charge >= 0.3 is 0 Å². The van der Waals surface area contributed by atoms with E-state index in [0.717, 1.165) is 23.3 Å². The molecule has 116 valence electrons. The van der Waals surface area contributed by atoms with Crippen LogP contribution in [0, 0.1) is 5.92 Å². The first-order chi connectivity index (χ1) is 10.4. The van der Waals surface area contributed by atoms with Crippen molar-refractivity contribution in [3.63, 3.8) is 0 Å². The van der Waals surface area contributed by atoms with Crippen LogP contribution in [0.2, 0.25) is 0 Å². The molecular weight excluding hydrogens is 320 g/mol. The van der Waals surface area contributed by atoms with E-state index < -0.39 is 10.0 Å². The summed E-state index contributed by atoms with van der Waals surface area (Å²) in [6.07, 6.45) is 0.924. The zero-order chi connectivity index (χ0) is 15.9. The van der Waals surface area contributed by atoms with E-state index in [4.69, 9.17) is 5.14 Å². The number of fused-ring (bicyclic) bond motifs is 1. The van der Waals surface area contributed by atoms with Crippen LogP contribution in [0.1, 0.15) is 34.5 Å². The van der Waals surface area contributed by atoms with Crippen molar-refractivity contribution in [3.05, 3.63) is 52.4 Å². The van der Waals surface area contributed by atoms with Gasteiger partial charge in [-0.3, -0.25) is 4.79 Å². The molecule has 3 N–H and O–H groups in total. The molecule has 1 aliphatic carbocycles. The van der Waals surface area contributed by atoms with Crippen LogP contribution in [-0.4, -0.2) is 14.3 Å². The molecule has 5 nitrogen and oxygen atoms in total. The number of primary sulfonamides is 1. The highest BCUT2D eigenvalue weighted by Crippen LogP contribution is 2.35. The molecule has 0 aliphatic heterocycles. The Morgan fingerprint density at radius 2 is 2.09 bits per heavy atom. The molecule has 0 unspecified atom stereocenters. The first kappa shape index (κ1) is 15.2. The number of amides is 1. The van der Waals surface area contributed by atoms with Crippen molar-refractivity contribution in [2.24, 2.45) is 11.1 Å². The first-order valence-electron chi connectivity index (χ1n) is 6.86. The highest BCUT2D eigenvalue weighted by Gasteiger charge is 2.30. The number of carbonyl (C=O) groups excluding carboxylic acids is 1. The van der Waals surface area contributed by atoms with Gasteiger partial charge in [0.05, 0.1) is 11.6 Å². The third kappa shape index (κ3) is 2.79. The quantitative estimate of drug-likeness (QED) is 0.899. The van der Waals surface area contributed by atoms with Gasteiger partial charge in [0, 0.05) is 5.38 Å². The van der Waals surface area contributed by atoms with Crippen LogP contribution in [0.3, 0.4) is 0 Å². The fourth-order valence-electron chi connectivity index (χ4n) is 2.82. The van der Waals surface area contributed by atoms with Crippen LogP contribution in [0.4, 0.5) is 0 Å². The largest absolute Gasteiger partial charge is 0.345 e. The van der Waals surface area contributed by atoms with Crippen LogP contribution >= 0.6 is 11.3 Å². The van der Waals surface area contributed by atoms with E-state index in [-0.39, 0.29) is 16.2 Å². The van der Waals surface area contributed by atoms with Gasteiger partial charge in [0.1, 0.15) is 4.21 Å². The summed E-state index contributed by atoms with van der Waals surface area (Å²) >= 11 is 0.955. The number of benzene rings is 1. The van der Waals surface area contributed by atoms with Gasteiger partial charge in [-0.2, -0.15) is 0 Å². The van der Waals surface area contributed by atoms with Crippen molar-refractivity contribution in [2.45, 2.75) is 23.6 Å². The van der Waals surface area contributed by atoms with Crippen molar-refractivity contribution < 1.29 is 13.2 Å². The van der Waals surface area contributed by atoms with Crippen molar-refractivity contribution in [2.75, 3.05) is 0 Å². The molecule has 1 aliphatic rings. The zero-order valence-corrected chi connectivity index (χ0v) is 13.6. The van der Waals surface area contributed by atoms with E-state index in [0.29, 0.717) is 11.5 Å². The van der Waals surface area contributed by atoms with Gasteiger partial charge in [-0.15, -0.1) is 11.3 Å². The summed E-state index contributed by atoms with van der Waals surface area (Å²) in [6.45, 7) is 2.09. The molecule has 0 saturated carbocycles. The fraction of sp³-hybridized carbons (Fsp3) is 0.267. The Hall–Kier alpha value is -1.70. The molecule has 1 heterocycles. The SMILES string of the molecule is C[C@@H]1Cc2ccccc2[C@@H]1NC(=O)c1csc(S(N)(=O)=O)c1. The Morgan fingerprint density at radius 1 is 1.36 bits per heavy atom. The molecule has 0 fully saturated rings. The summed E-state index contributed by atoms with van der Waals surface area (Å²) in [5.41, 5.74) is 2.70. The van der Waals surface area contributed by atoms with Crippen LogP contribution in [0.25, 0.3) is 0 Å². The molecule has 1 aromatic carbocycles. The standard InChI is InChI=1S/C15H16N2O3S2/c1-9-6-10-4-2-3-5-12(10)14(9)17-15(18)11-7-13(21-8-11)22(16,19)20/h2-5,7-9,14H,6H2,1H3,(H,17,18)(H2,16,19,20)/t9-,14-/m1/s1. The topological polar surface area (TPSA) is 89.3 Å². The zero-order valence-electron chi connectivity index (χ0n) is 11.9. The van der Waals surface area contributed by atoms with E-state index in [1.165, 1.54) is 17.0 Å². The normalized spacial score (nSPS) is 20.6. The molecule has 0 saturated heterocycles. The summed E-state index contributed by atoms with van der Waals surface area (Å²) in [5, 5.41) is 9.58. The van der Waals surface area contributed by atoms with Crippen LogP contribution in [0.15, 0.2) is 39.9 Å². The minimum Gasteiger partial charge on any atom is -0.345 e. The van der Waals surface area contributed by atoms with Gasteiger partial charge in [0.2, 0.25) is 10.0 Å². The van der Waals surface area contributed by atoms with E-state index >= 15 is 0 Å². The molecule has 1 amide bonds. The molecule has 0 spiro atoms. The molecule has 2 aromatic rings. The molecule has 22 heavy (non-hydrogen) atoms. The molecule has 7 heteroatoms. The summed E-state index contributed by atoms with van der Waals surface area (Å²) < 4.78 is 22.6. The number of rotatable bonds is 3. The Balaban J connectivity index is 1.82. The van der Waals surface area contributed by atoms with Crippen LogP contribution in [0.5, 0.6) is 0 Å². The maximum absolute atomic E-state index is 12.4. The fourth-order valence-corrected chi connectivity index (χ4v) is 4.41. The number of nitrogens with two attached hydrogens (primary N) is 1. The monoisotopic (exact) mass is 336 g/mol. The summed E-state index contributed by atoms with van der Waals surface area (Å²) in [4.78, 5) is 12.4.